The molecule has 0 aliphatic carbocycles. The normalized spacial score (nSPS) is 11.4. The van der Waals surface area contributed by atoms with Gasteiger partial charge in [0.25, 0.3) is 0 Å². The molecule has 0 N–H and O–H groups in total. The van der Waals surface area contributed by atoms with Gasteiger partial charge in [0, 0.05) is 11.1 Å². The summed E-state index contributed by atoms with van der Waals surface area (Å²) >= 11 is 0. The SMILES string of the molecule is N#Cc1cc(-c2nc3ccccc3o2)ccc1C=Cc1ccc(-c2nc3ccccc3o2)cc1. The monoisotopic (exact) mass is 439 g/mol. The van der Waals surface area contributed by atoms with Crippen molar-refractivity contribution < 1.29 is 8.83 Å². The Morgan fingerprint density at radius 3 is 1.85 bits per heavy atom. The molecule has 34 heavy (non-hydrogen) atoms. The first-order valence-corrected chi connectivity index (χ1v) is 10.8. The Hall–Kier alpha value is -4.95. The number of hydrogen-bond donors (Lipinski definition) is 0. The molecule has 4 aromatic carbocycles. The van der Waals surface area contributed by atoms with E-state index in [-0.39, 0.29) is 0 Å². The summed E-state index contributed by atoms with van der Waals surface area (Å²) < 4.78 is 11.7. The van der Waals surface area contributed by atoms with Crippen LogP contribution in [0.5, 0.6) is 0 Å². The first kappa shape index (κ1) is 19.7. The average molecular weight is 439 g/mol. The van der Waals surface area contributed by atoms with E-state index < -0.39 is 0 Å². The Labute approximate surface area is 195 Å². The average Bonchev–Trinajstić information content (AvgIpc) is 3.52. The maximum absolute atomic E-state index is 9.70. The fourth-order valence-electron chi connectivity index (χ4n) is 3.85. The van der Waals surface area contributed by atoms with Crippen molar-refractivity contribution in [3.63, 3.8) is 0 Å². The number of rotatable bonds is 4. The summed E-state index contributed by atoms with van der Waals surface area (Å²) in [5.74, 6) is 1.10. The van der Waals surface area contributed by atoms with Gasteiger partial charge in [0.1, 0.15) is 11.0 Å². The van der Waals surface area contributed by atoms with Gasteiger partial charge in [-0.3, -0.25) is 0 Å². The maximum atomic E-state index is 9.70. The quantitative estimate of drug-likeness (QED) is 0.269. The lowest BCUT2D eigenvalue weighted by molar-refractivity contribution is 0.619. The summed E-state index contributed by atoms with van der Waals surface area (Å²) in [5.41, 5.74) is 7.19. The highest BCUT2D eigenvalue weighted by molar-refractivity contribution is 5.79. The summed E-state index contributed by atoms with van der Waals surface area (Å²) in [6.07, 6.45) is 3.91. The number of nitriles is 1. The molecule has 0 saturated heterocycles. The van der Waals surface area contributed by atoms with Crippen molar-refractivity contribution in [1.82, 2.24) is 9.97 Å². The minimum Gasteiger partial charge on any atom is -0.436 e. The van der Waals surface area contributed by atoms with Gasteiger partial charge in [-0.15, -0.1) is 0 Å². The van der Waals surface area contributed by atoms with Crippen molar-refractivity contribution >= 4 is 34.4 Å². The van der Waals surface area contributed by atoms with Crippen LogP contribution in [0.2, 0.25) is 0 Å². The van der Waals surface area contributed by atoms with E-state index in [1.54, 1.807) is 6.07 Å². The van der Waals surface area contributed by atoms with Gasteiger partial charge in [-0.25, -0.2) is 9.97 Å². The first-order valence-electron chi connectivity index (χ1n) is 10.8. The van der Waals surface area contributed by atoms with Gasteiger partial charge in [-0.2, -0.15) is 5.26 Å². The molecule has 0 amide bonds. The van der Waals surface area contributed by atoms with Gasteiger partial charge < -0.3 is 8.83 Å². The van der Waals surface area contributed by atoms with Crippen LogP contribution < -0.4 is 0 Å². The van der Waals surface area contributed by atoms with E-state index in [4.69, 9.17) is 8.83 Å². The smallest absolute Gasteiger partial charge is 0.227 e. The molecular formula is C29H17N3O2. The second kappa shape index (κ2) is 8.19. The van der Waals surface area contributed by atoms with Crippen molar-refractivity contribution in [1.29, 1.82) is 5.26 Å². The summed E-state index contributed by atoms with van der Waals surface area (Å²) in [6.45, 7) is 0. The van der Waals surface area contributed by atoms with E-state index in [2.05, 4.69) is 16.0 Å². The Balaban J connectivity index is 1.25. The number of hydrogen-bond acceptors (Lipinski definition) is 5. The molecule has 2 heterocycles. The van der Waals surface area contributed by atoms with Crippen LogP contribution >= 0.6 is 0 Å². The van der Waals surface area contributed by atoms with Gasteiger partial charge in [0.2, 0.25) is 11.8 Å². The summed E-state index contributed by atoms with van der Waals surface area (Å²) in [6, 6.07) is 31.2. The fourth-order valence-corrected chi connectivity index (χ4v) is 3.85. The van der Waals surface area contributed by atoms with Gasteiger partial charge in [0.05, 0.1) is 11.6 Å². The standard InChI is InChI=1S/C29H17N3O2/c30-18-23-17-22(29-32-25-6-2-4-8-27(25)34-29)16-15-20(23)12-9-19-10-13-21(14-11-19)28-31-24-5-1-3-7-26(24)33-28/h1-17H. The molecule has 0 aliphatic heterocycles. The lowest BCUT2D eigenvalue weighted by Crippen LogP contribution is -1.85. The molecule has 6 aromatic rings. The predicted molar refractivity (Wildman–Crippen MR) is 133 cm³/mol. The Bertz CT molecular complexity index is 1650. The molecule has 6 rings (SSSR count). The topological polar surface area (TPSA) is 75.8 Å². The van der Waals surface area contributed by atoms with Crippen LogP contribution in [0.15, 0.2) is 99.8 Å². The highest BCUT2D eigenvalue weighted by Crippen LogP contribution is 2.27. The third kappa shape index (κ3) is 3.64. The zero-order valence-corrected chi connectivity index (χ0v) is 18.0. The minimum absolute atomic E-state index is 0.503. The molecule has 5 heteroatoms. The molecule has 0 aliphatic rings. The molecule has 160 valence electrons. The Morgan fingerprint density at radius 1 is 0.647 bits per heavy atom. The predicted octanol–water partition coefficient (Wildman–Crippen LogP) is 7.35. The van der Waals surface area contributed by atoms with Gasteiger partial charge in [0.15, 0.2) is 11.2 Å². The highest BCUT2D eigenvalue weighted by Gasteiger charge is 2.10. The lowest BCUT2D eigenvalue weighted by atomic mass is 10.0. The third-order valence-electron chi connectivity index (χ3n) is 5.62. The van der Waals surface area contributed by atoms with Gasteiger partial charge in [-0.05, 0) is 59.7 Å². The van der Waals surface area contributed by atoms with Crippen molar-refractivity contribution in [3.05, 3.63) is 108 Å². The first-order chi connectivity index (χ1) is 16.8. The minimum atomic E-state index is 0.503. The van der Waals surface area contributed by atoms with Gasteiger partial charge in [-0.1, -0.05) is 54.6 Å². The molecule has 0 fully saturated rings. The van der Waals surface area contributed by atoms with Crippen LogP contribution in [0.1, 0.15) is 16.7 Å². The van der Waals surface area contributed by atoms with Gasteiger partial charge >= 0.3 is 0 Å². The van der Waals surface area contributed by atoms with Crippen LogP contribution in [-0.4, -0.2) is 9.97 Å². The Morgan fingerprint density at radius 2 is 1.24 bits per heavy atom. The molecular weight excluding hydrogens is 422 g/mol. The summed E-state index contributed by atoms with van der Waals surface area (Å²) in [4.78, 5) is 9.06. The van der Waals surface area contributed by atoms with Crippen LogP contribution in [0.4, 0.5) is 0 Å². The molecule has 0 saturated carbocycles. The molecule has 0 unspecified atom stereocenters. The van der Waals surface area contributed by atoms with Crippen molar-refractivity contribution in [2.45, 2.75) is 0 Å². The van der Waals surface area contributed by atoms with E-state index in [9.17, 15) is 5.26 Å². The molecule has 0 atom stereocenters. The zero-order valence-electron chi connectivity index (χ0n) is 18.0. The summed E-state index contributed by atoms with van der Waals surface area (Å²) in [7, 11) is 0. The fraction of sp³-hybridized carbons (Fsp3) is 0. The number of aromatic nitrogens is 2. The second-order valence-electron chi connectivity index (χ2n) is 7.84. The Kier molecular flexibility index (Phi) is 4.75. The van der Waals surface area contributed by atoms with Crippen LogP contribution in [0, 0.1) is 11.3 Å². The van der Waals surface area contributed by atoms with E-state index in [0.717, 1.165) is 44.5 Å². The molecule has 0 bridgehead atoms. The molecule has 0 spiro atoms. The van der Waals surface area contributed by atoms with Crippen LogP contribution in [-0.2, 0) is 0 Å². The van der Waals surface area contributed by atoms with Crippen molar-refractivity contribution in [2.24, 2.45) is 0 Å². The highest BCUT2D eigenvalue weighted by atomic mass is 16.4. The number of benzene rings is 4. The van der Waals surface area contributed by atoms with Crippen molar-refractivity contribution in [3.8, 4) is 29.0 Å². The van der Waals surface area contributed by atoms with Crippen LogP contribution in [0.3, 0.4) is 0 Å². The number of nitrogens with zero attached hydrogens (tertiary/aromatic N) is 3. The molecule has 0 radical (unpaired) electrons. The molecule has 2 aromatic heterocycles. The number of fused-ring (bicyclic) bond motifs is 2. The van der Waals surface area contributed by atoms with E-state index in [1.165, 1.54) is 0 Å². The largest absolute Gasteiger partial charge is 0.436 e. The number of para-hydroxylation sites is 4. The lowest BCUT2D eigenvalue weighted by Gasteiger charge is -2.02. The second-order valence-corrected chi connectivity index (χ2v) is 7.84. The van der Waals surface area contributed by atoms with Crippen LogP contribution in [0.25, 0.3) is 57.3 Å². The van der Waals surface area contributed by atoms with E-state index >= 15 is 0 Å². The third-order valence-corrected chi connectivity index (χ3v) is 5.62. The van der Waals surface area contributed by atoms with Crippen molar-refractivity contribution in [2.75, 3.05) is 0 Å². The zero-order chi connectivity index (χ0) is 22.9. The summed E-state index contributed by atoms with van der Waals surface area (Å²) in [5, 5.41) is 9.70. The maximum Gasteiger partial charge on any atom is 0.227 e. The van der Waals surface area contributed by atoms with E-state index in [1.807, 2.05) is 97.1 Å². The molecule has 5 nitrogen and oxygen atoms in total. The number of oxazole rings is 2. The van der Waals surface area contributed by atoms with E-state index in [0.29, 0.717) is 17.3 Å².